The molecule has 0 aliphatic carbocycles. The fourth-order valence-electron chi connectivity index (χ4n) is 1.58. The van der Waals surface area contributed by atoms with Gasteiger partial charge in [0.05, 0.1) is 16.8 Å². The molecule has 0 saturated carbocycles. The molecule has 0 saturated heterocycles. The summed E-state index contributed by atoms with van der Waals surface area (Å²) in [6.45, 7) is 9.96. The lowest BCUT2D eigenvalue weighted by molar-refractivity contribution is 0.0647. The van der Waals surface area contributed by atoms with Crippen LogP contribution in [0.2, 0.25) is 0 Å². The molecule has 101 valence electrons. The van der Waals surface area contributed by atoms with Gasteiger partial charge in [0, 0.05) is 0 Å². The fraction of sp³-hybridized carbons (Fsp3) is 0.600. The van der Waals surface area contributed by atoms with Gasteiger partial charge in [0.15, 0.2) is 0 Å². The first-order valence-electron chi connectivity index (χ1n) is 6.08. The molecule has 18 heavy (non-hydrogen) atoms. The summed E-state index contributed by atoms with van der Waals surface area (Å²) < 4.78 is 0. The molecule has 0 atom stereocenters. The van der Waals surface area contributed by atoms with Gasteiger partial charge >= 0.3 is 0 Å². The normalized spacial score (nSPS) is 13.8. The van der Waals surface area contributed by atoms with E-state index < -0.39 is 16.8 Å². The van der Waals surface area contributed by atoms with Crippen molar-refractivity contribution < 1.29 is 15.3 Å². The third-order valence-electron chi connectivity index (χ3n) is 2.89. The van der Waals surface area contributed by atoms with E-state index in [9.17, 15) is 15.3 Å². The summed E-state index contributed by atoms with van der Waals surface area (Å²) in [6, 6.07) is 6.46. The van der Waals surface area contributed by atoms with Gasteiger partial charge in [0.1, 0.15) is 0 Å². The maximum absolute atomic E-state index is 10.1. The van der Waals surface area contributed by atoms with Gasteiger partial charge in [-0.15, -0.1) is 0 Å². The maximum atomic E-state index is 10.1. The Morgan fingerprint density at radius 2 is 1.06 bits per heavy atom. The summed E-state index contributed by atoms with van der Waals surface area (Å²) in [5.41, 5.74) is -1.41. The quantitative estimate of drug-likeness (QED) is 0.771. The number of hydrogen-bond donors (Lipinski definition) is 3. The first-order valence-corrected chi connectivity index (χ1v) is 6.08. The van der Waals surface area contributed by atoms with E-state index in [1.165, 1.54) is 0 Å². The van der Waals surface area contributed by atoms with Crippen LogP contribution in [0.5, 0.6) is 0 Å². The molecule has 0 heterocycles. The van der Waals surface area contributed by atoms with E-state index in [0.29, 0.717) is 16.7 Å². The summed E-state index contributed by atoms with van der Waals surface area (Å²) in [7, 11) is 0. The van der Waals surface area contributed by atoms with Crippen molar-refractivity contribution in [1.29, 1.82) is 0 Å². The molecule has 3 heteroatoms. The Morgan fingerprint density at radius 3 is 1.28 bits per heavy atom. The van der Waals surface area contributed by atoms with E-state index in [4.69, 9.17) is 0 Å². The molecule has 0 bridgehead atoms. The smallest absolute Gasteiger partial charge is 0.0846 e. The molecule has 0 amide bonds. The van der Waals surface area contributed by atoms with Gasteiger partial charge in [-0.25, -0.2) is 0 Å². The van der Waals surface area contributed by atoms with Crippen molar-refractivity contribution >= 4 is 0 Å². The largest absolute Gasteiger partial charge is 0.386 e. The Balaban J connectivity index is 3.49. The standard InChI is InChI=1S/C15H23O3/c1-13(2,16)10-7-11(14(3,4)17)9-12(8-10)15(5,6)18/h7-8,16-18H,1-6H3. The van der Waals surface area contributed by atoms with Crippen molar-refractivity contribution in [2.75, 3.05) is 0 Å². The molecular weight excluding hydrogens is 228 g/mol. The van der Waals surface area contributed by atoms with Crippen LogP contribution in [0, 0.1) is 6.07 Å². The summed E-state index contributed by atoms with van der Waals surface area (Å²) in [4.78, 5) is 0. The first kappa shape index (κ1) is 15.2. The van der Waals surface area contributed by atoms with Gasteiger partial charge in [-0.05, 0) is 76.4 Å². The minimum atomic E-state index is -1.07. The van der Waals surface area contributed by atoms with Crippen LogP contribution >= 0.6 is 0 Å². The highest BCUT2D eigenvalue weighted by Gasteiger charge is 2.26. The number of hydrogen-bond acceptors (Lipinski definition) is 3. The van der Waals surface area contributed by atoms with Crippen LogP contribution in [0.1, 0.15) is 58.2 Å². The predicted molar refractivity (Wildman–Crippen MR) is 71.0 cm³/mol. The van der Waals surface area contributed by atoms with Crippen LogP contribution in [0.15, 0.2) is 12.1 Å². The molecule has 1 aromatic carbocycles. The lowest BCUT2D eigenvalue weighted by Crippen LogP contribution is -2.24. The number of aliphatic hydroxyl groups is 3. The average Bonchev–Trinajstić information content (AvgIpc) is 2.13. The highest BCUT2D eigenvalue weighted by atomic mass is 16.3. The molecule has 0 aliphatic heterocycles. The average molecular weight is 251 g/mol. The van der Waals surface area contributed by atoms with E-state index in [1.807, 2.05) is 0 Å². The monoisotopic (exact) mass is 251 g/mol. The zero-order valence-electron chi connectivity index (χ0n) is 12.0. The van der Waals surface area contributed by atoms with Gasteiger partial charge in [0.25, 0.3) is 0 Å². The summed E-state index contributed by atoms with van der Waals surface area (Å²) in [5, 5.41) is 30.2. The summed E-state index contributed by atoms with van der Waals surface area (Å²) >= 11 is 0. The van der Waals surface area contributed by atoms with Crippen molar-refractivity contribution in [1.82, 2.24) is 0 Å². The van der Waals surface area contributed by atoms with Gasteiger partial charge in [-0.3, -0.25) is 0 Å². The Kier molecular flexibility index (Phi) is 3.65. The number of benzene rings is 1. The van der Waals surface area contributed by atoms with E-state index in [1.54, 1.807) is 53.7 Å². The van der Waals surface area contributed by atoms with E-state index in [0.717, 1.165) is 0 Å². The molecule has 0 fully saturated rings. The van der Waals surface area contributed by atoms with E-state index in [2.05, 4.69) is 6.07 Å². The lowest BCUT2D eigenvalue weighted by atomic mass is 9.85. The van der Waals surface area contributed by atoms with Gasteiger partial charge in [-0.2, -0.15) is 0 Å². The van der Waals surface area contributed by atoms with Crippen molar-refractivity contribution in [3.63, 3.8) is 0 Å². The van der Waals surface area contributed by atoms with Crippen LogP contribution in [0.4, 0.5) is 0 Å². The van der Waals surface area contributed by atoms with Crippen LogP contribution in [-0.2, 0) is 16.8 Å². The zero-order chi connectivity index (χ0) is 14.4. The van der Waals surface area contributed by atoms with Gasteiger partial charge in [0.2, 0.25) is 0 Å². The predicted octanol–water partition coefficient (Wildman–Crippen LogP) is 2.17. The molecule has 3 nitrogen and oxygen atoms in total. The van der Waals surface area contributed by atoms with Crippen molar-refractivity contribution in [2.24, 2.45) is 0 Å². The van der Waals surface area contributed by atoms with E-state index in [-0.39, 0.29) is 0 Å². The summed E-state index contributed by atoms with van der Waals surface area (Å²) in [6.07, 6.45) is 0. The van der Waals surface area contributed by atoms with Crippen LogP contribution in [-0.4, -0.2) is 15.3 Å². The SMILES string of the molecule is CC(C)(O)c1[c]c(C(C)(C)O)cc(C(C)(C)O)c1. The Labute approximate surface area is 109 Å². The third kappa shape index (κ3) is 3.55. The van der Waals surface area contributed by atoms with Crippen LogP contribution < -0.4 is 0 Å². The second-order valence-corrected chi connectivity index (χ2v) is 6.37. The molecular formula is C15H23O3. The second-order valence-electron chi connectivity index (χ2n) is 6.37. The van der Waals surface area contributed by atoms with Crippen molar-refractivity contribution in [3.05, 3.63) is 34.9 Å². The molecule has 0 aromatic heterocycles. The molecule has 0 aliphatic rings. The van der Waals surface area contributed by atoms with Gasteiger partial charge in [-0.1, -0.05) is 0 Å². The molecule has 3 N–H and O–H groups in total. The number of rotatable bonds is 3. The first-order chi connectivity index (χ1) is 7.82. The third-order valence-corrected chi connectivity index (χ3v) is 2.89. The van der Waals surface area contributed by atoms with Crippen molar-refractivity contribution in [3.8, 4) is 0 Å². The highest BCUT2D eigenvalue weighted by molar-refractivity contribution is 5.36. The molecule has 0 spiro atoms. The Hall–Kier alpha value is -0.900. The molecule has 1 rings (SSSR count). The minimum absolute atomic E-state index is 0.555. The molecule has 1 radical (unpaired) electrons. The maximum Gasteiger partial charge on any atom is 0.0846 e. The molecule has 1 aromatic rings. The highest BCUT2D eigenvalue weighted by Crippen LogP contribution is 2.31. The summed E-state index contributed by atoms with van der Waals surface area (Å²) in [5.74, 6) is 0. The van der Waals surface area contributed by atoms with Crippen LogP contribution in [0.3, 0.4) is 0 Å². The van der Waals surface area contributed by atoms with Crippen LogP contribution in [0.25, 0.3) is 0 Å². The Morgan fingerprint density at radius 1 is 0.722 bits per heavy atom. The van der Waals surface area contributed by atoms with Crippen molar-refractivity contribution in [2.45, 2.75) is 58.3 Å². The topological polar surface area (TPSA) is 60.7 Å². The van der Waals surface area contributed by atoms with Gasteiger partial charge < -0.3 is 15.3 Å². The zero-order valence-corrected chi connectivity index (χ0v) is 12.0. The second kappa shape index (κ2) is 4.34. The van der Waals surface area contributed by atoms with E-state index >= 15 is 0 Å². The fourth-order valence-corrected chi connectivity index (χ4v) is 1.58. The molecule has 0 unspecified atom stereocenters. The lowest BCUT2D eigenvalue weighted by Gasteiger charge is -2.27. The minimum Gasteiger partial charge on any atom is -0.386 e. The Bertz CT molecular complexity index is 350.